The Morgan fingerprint density at radius 2 is 1.18 bits per heavy atom. The number of nitrogens with zero attached hydrogens (tertiary/aromatic N) is 1. The van der Waals surface area contributed by atoms with Crippen LogP contribution in [0.25, 0.3) is 0 Å². The standard InChI is InChI=1S/C9H21NO/c1-7(2)10(8(3)4)11-9(5)6/h7-9H,1-6H3. The van der Waals surface area contributed by atoms with Crippen LogP contribution in [-0.2, 0) is 4.84 Å². The summed E-state index contributed by atoms with van der Waals surface area (Å²) in [6.07, 6.45) is 0.278. The minimum Gasteiger partial charge on any atom is -0.296 e. The lowest BCUT2D eigenvalue weighted by atomic mass is 10.3. The van der Waals surface area contributed by atoms with Gasteiger partial charge in [-0.05, 0) is 41.5 Å². The van der Waals surface area contributed by atoms with Crippen molar-refractivity contribution in [3.8, 4) is 0 Å². The zero-order valence-electron chi connectivity index (χ0n) is 8.59. The quantitative estimate of drug-likeness (QED) is 0.584. The van der Waals surface area contributed by atoms with Gasteiger partial charge in [0.15, 0.2) is 0 Å². The summed E-state index contributed by atoms with van der Waals surface area (Å²) in [6, 6.07) is 0.912. The molecule has 0 aromatic carbocycles. The first-order chi connectivity index (χ1) is 4.95. The molecule has 0 N–H and O–H groups in total. The van der Waals surface area contributed by atoms with Gasteiger partial charge in [0.25, 0.3) is 0 Å². The summed E-state index contributed by atoms with van der Waals surface area (Å²) in [5, 5.41) is 2.03. The highest BCUT2D eigenvalue weighted by Crippen LogP contribution is 2.07. The van der Waals surface area contributed by atoms with Gasteiger partial charge in [-0.2, -0.15) is 5.06 Å². The van der Waals surface area contributed by atoms with E-state index in [9.17, 15) is 0 Å². The van der Waals surface area contributed by atoms with E-state index >= 15 is 0 Å². The smallest absolute Gasteiger partial charge is 0.0737 e. The average molecular weight is 159 g/mol. The predicted octanol–water partition coefficient (Wildman–Crippen LogP) is 2.45. The number of hydroxylamine groups is 2. The molecule has 11 heavy (non-hydrogen) atoms. The van der Waals surface area contributed by atoms with E-state index in [1.54, 1.807) is 0 Å². The van der Waals surface area contributed by atoms with E-state index in [4.69, 9.17) is 4.84 Å². The highest BCUT2D eigenvalue weighted by molar-refractivity contribution is 4.57. The molecule has 0 aliphatic rings. The van der Waals surface area contributed by atoms with E-state index in [0.29, 0.717) is 12.1 Å². The zero-order chi connectivity index (χ0) is 9.02. The van der Waals surface area contributed by atoms with Gasteiger partial charge in [0.05, 0.1) is 6.10 Å². The van der Waals surface area contributed by atoms with Crippen molar-refractivity contribution in [1.29, 1.82) is 0 Å². The van der Waals surface area contributed by atoms with Crippen LogP contribution in [0.1, 0.15) is 41.5 Å². The molecule has 0 aliphatic carbocycles. The Labute approximate surface area is 70.5 Å². The Bertz CT molecular complexity index is 91.7. The van der Waals surface area contributed by atoms with Crippen molar-refractivity contribution < 1.29 is 4.84 Å². The molecule has 0 saturated carbocycles. The molecule has 0 amide bonds. The van der Waals surface area contributed by atoms with Gasteiger partial charge < -0.3 is 0 Å². The topological polar surface area (TPSA) is 12.5 Å². The lowest BCUT2D eigenvalue weighted by Gasteiger charge is -2.31. The second-order valence-electron chi connectivity index (χ2n) is 3.70. The van der Waals surface area contributed by atoms with Gasteiger partial charge in [-0.15, -0.1) is 0 Å². The fourth-order valence-corrected chi connectivity index (χ4v) is 1.08. The van der Waals surface area contributed by atoms with Gasteiger partial charge >= 0.3 is 0 Å². The summed E-state index contributed by atoms with van der Waals surface area (Å²) in [7, 11) is 0. The fourth-order valence-electron chi connectivity index (χ4n) is 1.08. The Balaban J connectivity index is 3.90. The Kier molecular flexibility index (Phi) is 4.69. The predicted molar refractivity (Wildman–Crippen MR) is 48.3 cm³/mol. The van der Waals surface area contributed by atoms with E-state index in [1.165, 1.54) is 0 Å². The Hall–Kier alpha value is -0.0800. The van der Waals surface area contributed by atoms with Crippen LogP contribution in [-0.4, -0.2) is 23.3 Å². The summed E-state index contributed by atoms with van der Waals surface area (Å²) in [5.74, 6) is 0. The zero-order valence-corrected chi connectivity index (χ0v) is 8.59. The van der Waals surface area contributed by atoms with Crippen LogP contribution in [0.4, 0.5) is 0 Å². The minimum absolute atomic E-state index is 0.278. The van der Waals surface area contributed by atoms with Crippen LogP contribution in [0.3, 0.4) is 0 Å². The normalized spacial score (nSPS) is 12.5. The van der Waals surface area contributed by atoms with E-state index < -0.39 is 0 Å². The van der Waals surface area contributed by atoms with Gasteiger partial charge in [0.1, 0.15) is 0 Å². The lowest BCUT2D eigenvalue weighted by molar-refractivity contribution is -0.223. The van der Waals surface area contributed by atoms with Crippen molar-refractivity contribution >= 4 is 0 Å². The molecular formula is C9H21NO. The maximum atomic E-state index is 5.61. The van der Waals surface area contributed by atoms with Crippen LogP contribution in [0.5, 0.6) is 0 Å². The fraction of sp³-hybridized carbons (Fsp3) is 1.00. The van der Waals surface area contributed by atoms with Crippen molar-refractivity contribution in [2.24, 2.45) is 0 Å². The van der Waals surface area contributed by atoms with Crippen LogP contribution in [0.15, 0.2) is 0 Å². The van der Waals surface area contributed by atoms with Gasteiger partial charge in [-0.1, -0.05) is 0 Å². The molecule has 2 nitrogen and oxygen atoms in total. The molecule has 0 aromatic rings. The van der Waals surface area contributed by atoms with Crippen LogP contribution in [0.2, 0.25) is 0 Å². The van der Waals surface area contributed by atoms with Crippen LogP contribution in [0, 0.1) is 0 Å². The van der Waals surface area contributed by atoms with Crippen molar-refractivity contribution in [3.63, 3.8) is 0 Å². The first-order valence-electron chi connectivity index (χ1n) is 4.40. The van der Waals surface area contributed by atoms with Crippen molar-refractivity contribution in [3.05, 3.63) is 0 Å². The molecule has 0 aromatic heterocycles. The second-order valence-corrected chi connectivity index (χ2v) is 3.70. The van der Waals surface area contributed by atoms with E-state index in [0.717, 1.165) is 0 Å². The Morgan fingerprint density at radius 1 is 0.818 bits per heavy atom. The molecule has 0 fully saturated rings. The summed E-state index contributed by atoms with van der Waals surface area (Å²) in [6.45, 7) is 12.7. The summed E-state index contributed by atoms with van der Waals surface area (Å²) < 4.78 is 0. The largest absolute Gasteiger partial charge is 0.296 e. The Morgan fingerprint density at radius 3 is 1.27 bits per heavy atom. The van der Waals surface area contributed by atoms with Crippen molar-refractivity contribution in [1.82, 2.24) is 5.06 Å². The van der Waals surface area contributed by atoms with Gasteiger partial charge in [0.2, 0.25) is 0 Å². The van der Waals surface area contributed by atoms with Gasteiger partial charge in [-0.25, -0.2) is 0 Å². The molecule has 0 unspecified atom stereocenters. The summed E-state index contributed by atoms with van der Waals surface area (Å²) in [5.41, 5.74) is 0. The number of rotatable bonds is 4. The molecule has 0 saturated heterocycles. The van der Waals surface area contributed by atoms with Crippen LogP contribution >= 0.6 is 0 Å². The molecule has 2 heteroatoms. The van der Waals surface area contributed by atoms with Crippen molar-refractivity contribution in [2.45, 2.75) is 59.7 Å². The average Bonchev–Trinajstić information content (AvgIpc) is 1.81. The molecule has 0 rings (SSSR count). The molecule has 0 atom stereocenters. The number of hydrogen-bond donors (Lipinski definition) is 0. The van der Waals surface area contributed by atoms with Crippen LogP contribution < -0.4 is 0 Å². The third-order valence-electron chi connectivity index (χ3n) is 1.35. The monoisotopic (exact) mass is 159 g/mol. The molecule has 0 aliphatic heterocycles. The minimum atomic E-state index is 0.278. The van der Waals surface area contributed by atoms with Gasteiger partial charge in [-0.3, -0.25) is 4.84 Å². The number of hydrogen-bond acceptors (Lipinski definition) is 2. The lowest BCUT2D eigenvalue weighted by Crippen LogP contribution is -2.38. The SMILES string of the molecule is CC(C)ON(C(C)C)C(C)C. The highest BCUT2D eigenvalue weighted by Gasteiger charge is 2.14. The molecule has 68 valence electrons. The molecule has 0 radical (unpaired) electrons. The van der Waals surface area contributed by atoms with E-state index in [-0.39, 0.29) is 6.10 Å². The summed E-state index contributed by atoms with van der Waals surface area (Å²) >= 11 is 0. The summed E-state index contributed by atoms with van der Waals surface area (Å²) in [4.78, 5) is 5.61. The molecule has 0 bridgehead atoms. The molecular weight excluding hydrogens is 138 g/mol. The first-order valence-corrected chi connectivity index (χ1v) is 4.40. The highest BCUT2D eigenvalue weighted by atomic mass is 16.7. The molecule has 0 spiro atoms. The van der Waals surface area contributed by atoms with E-state index in [1.807, 2.05) is 5.06 Å². The maximum Gasteiger partial charge on any atom is 0.0737 e. The second kappa shape index (κ2) is 4.73. The van der Waals surface area contributed by atoms with Crippen molar-refractivity contribution in [2.75, 3.05) is 0 Å². The molecule has 0 heterocycles. The van der Waals surface area contributed by atoms with E-state index in [2.05, 4.69) is 41.5 Å². The van der Waals surface area contributed by atoms with Gasteiger partial charge in [0, 0.05) is 12.1 Å². The third kappa shape index (κ3) is 4.38. The maximum absolute atomic E-state index is 5.61. The first kappa shape index (κ1) is 10.9. The third-order valence-corrected chi connectivity index (χ3v) is 1.35.